The van der Waals surface area contributed by atoms with Crippen molar-refractivity contribution in [2.75, 3.05) is 30.2 Å². The second-order valence-electron chi connectivity index (χ2n) is 8.26. The van der Waals surface area contributed by atoms with Crippen LogP contribution >= 0.6 is 0 Å². The minimum absolute atomic E-state index is 0.0145. The summed E-state index contributed by atoms with van der Waals surface area (Å²) in [4.78, 5) is 8.30. The third-order valence-corrected chi connectivity index (χ3v) is 8.17. The molecule has 0 unspecified atom stereocenters. The van der Waals surface area contributed by atoms with E-state index in [0.29, 0.717) is 31.5 Å². The summed E-state index contributed by atoms with van der Waals surface area (Å²) in [5.74, 6) is 0.452. The molecule has 0 saturated carbocycles. The van der Waals surface area contributed by atoms with Crippen molar-refractivity contribution in [3.05, 3.63) is 42.2 Å². The fourth-order valence-corrected chi connectivity index (χ4v) is 5.83. The van der Waals surface area contributed by atoms with Crippen LogP contribution in [-0.4, -0.2) is 63.1 Å². The maximum absolute atomic E-state index is 13.4. The molecule has 0 N–H and O–H groups in total. The van der Waals surface area contributed by atoms with Crippen molar-refractivity contribution in [3.63, 3.8) is 0 Å². The lowest BCUT2D eigenvalue weighted by Gasteiger charge is -2.30. The Morgan fingerprint density at radius 2 is 1.88 bits per heavy atom. The highest BCUT2D eigenvalue weighted by atomic mass is 32.2. The van der Waals surface area contributed by atoms with Crippen molar-refractivity contribution < 1.29 is 21.6 Å². The van der Waals surface area contributed by atoms with E-state index >= 15 is 0 Å². The Kier molecular flexibility index (Phi) is 7.56. The average Bonchev–Trinajstić information content (AvgIpc) is 2.77. The molecule has 0 aromatic carbocycles. The standard InChI is InChI=1S/C21H27N5O5S2/c1-16(2)15-26(20-12-17(13-22)6-9-23-20)33(29,30)19-4-5-21(24-14-19)31-18-7-10-25(11-8-18)32(3,27)28/h4-6,9,12,14,16,18H,7-8,10-11,15H2,1-3H3. The molecule has 1 aliphatic rings. The maximum Gasteiger partial charge on any atom is 0.267 e. The Balaban J connectivity index is 1.77. The zero-order valence-electron chi connectivity index (χ0n) is 18.7. The summed E-state index contributed by atoms with van der Waals surface area (Å²) < 4.78 is 58.4. The number of nitriles is 1. The van der Waals surface area contributed by atoms with E-state index in [9.17, 15) is 16.8 Å². The van der Waals surface area contributed by atoms with Crippen molar-refractivity contribution >= 4 is 25.9 Å². The van der Waals surface area contributed by atoms with Crippen LogP contribution in [0, 0.1) is 17.2 Å². The number of rotatable bonds is 8. The fraction of sp³-hybridized carbons (Fsp3) is 0.476. The molecule has 0 radical (unpaired) electrons. The Labute approximate surface area is 194 Å². The van der Waals surface area contributed by atoms with Gasteiger partial charge in [0.25, 0.3) is 10.0 Å². The van der Waals surface area contributed by atoms with Gasteiger partial charge in [-0.1, -0.05) is 13.8 Å². The van der Waals surface area contributed by atoms with Gasteiger partial charge in [0.05, 0.1) is 24.1 Å². The number of hydrogen-bond acceptors (Lipinski definition) is 8. The van der Waals surface area contributed by atoms with Gasteiger partial charge in [-0.2, -0.15) is 5.26 Å². The molecule has 1 fully saturated rings. The first kappa shape index (κ1) is 24.9. The van der Waals surface area contributed by atoms with E-state index in [0.717, 1.165) is 0 Å². The first-order valence-electron chi connectivity index (χ1n) is 10.5. The second kappa shape index (κ2) is 10.0. The van der Waals surface area contributed by atoms with Crippen LogP contribution < -0.4 is 9.04 Å². The van der Waals surface area contributed by atoms with E-state index in [1.54, 1.807) is 0 Å². The molecule has 0 atom stereocenters. The molecule has 2 aromatic rings. The maximum atomic E-state index is 13.4. The van der Waals surface area contributed by atoms with Gasteiger partial charge in [-0.3, -0.25) is 0 Å². The van der Waals surface area contributed by atoms with Gasteiger partial charge in [0, 0.05) is 31.9 Å². The lowest BCUT2D eigenvalue weighted by molar-refractivity contribution is 0.130. The average molecular weight is 494 g/mol. The number of aromatic nitrogens is 2. The Hall–Kier alpha value is -2.75. The highest BCUT2D eigenvalue weighted by Gasteiger charge is 2.29. The molecule has 3 heterocycles. The Morgan fingerprint density at radius 1 is 1.18 bits per heavy atom. The molecule has 10 nitrogen and oxygen atoms in total. The van der Waals surface area contributed by atoms with Crippen molar-refractivity contribution in [2.45, 2.75) is 37.7 Å². The summed E-state index contributed by atoms with van der Waals surface area (Å²) in [5, 5.41) is 9.16. The summed E-state index contributed by atoms with van der Waals surface area (Å²) in [6.45, 7) is 4.70. The van der Waals surface area contributed by atoms with E-state index in [1.165, 1.54) is 51.5 Å². The smallest absolute Gasteiger partial charge is 0.267 e. The molecule has 0 spiro atoms. The van der Waals surface area contributed by atoms with Crippen LogP contribution in [0.4, 0.5) is 5.82 Å². The van der Waals surface area contributed by atoms with Gasteiger partial charge in [0.1, 0.15) is 16.8 Å². The van der Waals surface area contributed by atoms with Crippen LogP contribution in [0.3, 0.4) is 0 Å². The van der Waals surface area contributed by atoms with Crippen LogP contribution in [0.15, 0.2) is 41.6 Å². The lowest BCUT2D eigenvalue weighted by Crippen LogP contribution is -2.41. The summed E-state index contributed by atoms with van der Waals surface area (Å²) in [6, 6.07) is 7.86. The van der Waals surface area contributed by atoms with Gasteiger partial charge >= 0.3 is 0 Å². The van der Waals surface area contributed by atoms with Gasteiger partial charge < -0.3 is 4.74 Å². The van der Waals surface area contributed by atoms with Crippen molar-refractivity contribution in [1.82, 2.24) is 14.3 Å². The fourth-order valence-electron chi connectivity index (χ4n) is 3.44. The molecule has 0 amide bonds. The molecule has 3 rings (SSSR count). The number of nitrogens with zero attached hydrogens (tertiary/aromatic N) is 5. The van der Waals surface area contributed by atoms with Gasteiger partial charge in [-0.15, -0.1) is 0 Å². The second-order valence-corrected chi connectivity index (χ2v) is 12.1. The molecule has 2 aromatic heterocycles. The topological polar surface area (TPSA) is 134 Å². The summed E-state index contributed by atoms with van der Waals surface area (Å²) >= 11 is 0. The number of ether oxygens (including phenoxy) is 1. The normalized spacial score (nSPS) is 15.8. The molecule has 0 aliphatic carbocycles. The number of anilines is 1. The first-order chi connectivity index (χ1) is 15.5. The van der Waals surface area contributed by atoms with Crippen molar-refractivity contribution in [3.8, 4) is 11.9 Å². The van der Waals surface area contributed by atoms with Crippen LogP contribution in [0.25, 0.3) is 0 Å². The minimum Gasteiger partial charge on any atom is -0.474 e. The molecule has 178 valence electrons. The first-order valence-corrected chi connectivity index (χ1v) is 13.8. The predicted octanol–water partition coefficient (Wildman–Crippen LogP) is 2.00. The zero-order chi connectivity index (χ0) is 24.2. The monoisotopic (exact) mass is 493 g/mol. The lowest BCUT2D eigenvalue weighted by atomic mass is 10.1. The number of pyridine rings is 2. The summed E-state index contributed by atoms with van der Waals surface area (Å²) in [7, 11) is -7.20. The van der Waals surface area contributed by atoms with E-state index in [2.05, 4.69) is 9.97 Å². The number of sulfonamides is 2. The third-order valence-electron chi connectivity index (χ3n) is 5.12. The van der Waals surface area contributed by atoms with E-state index < -0.39 is 20.0 Å². The summed E-state index contributed by atoms with van der Waals surface area (Å²) in [6.07, 6.45) is 4.67. The van der Waals surface area contributed by atoms with Crippen molar-refractivity contribution in [2.24, 2.45) is 5.92 Å². The molecule has 0 bridgehead atoms. The van der Waals surface area contributed by atoms with Gasteiger partial charge in [-0.05, 0) is 37.0 Å². The molecule has 1 aliphatic heterocycles. The SMILES string of the molecule is CC(C)CN(c1cc(C#N)ccn1)S(=O)(=O)c1ccc(OC2CCN(S(C)(=O)=O)CC2)nc1. The number of piperidine rings is 1. The highest BCUT2D eigenvalue weighted by molar-refractivity contribution is 7.92. The van der Waals surface area contributed by atoms with Gasteiger partial charge in [-0.25, -0.2) is 35.4 Å². The molecule has 12 heteroatoms. The van der Waals surface area contributed by atoms with Crippen LogP contribution in [-0.2, 0) is 20.0 Å². The zero-order valence-corrected chi connectivity index (χ0v) is 20.4. The van der Waals surface area contributed by atoms with E-state index in [-0.39, 0.29) is 35.2 Å². The van der Waals surface area contributed by atoms with E-state index in [4.69, 9.17) is 10.00 Å². The third kappa shape index (κ3) is 6.19. The van der Waals surface area contributed by atoms with Gasteiger partial charge in [0.15, 0.2) is 0 Å². The molecular weight excluding hydrogens is 466 g/mol. The number of hydrogen-bond donors (Lipinski definition) is 0. The Bertz CT molecular complexity index is 1220. The Morgan fingerprint density at radius 3 is 2.42 bits per heavy atom. The van der Waals surface area contributed by atoms with E-state index in [1.807, 2.05) is 19.9 Å². The molecular formula is C21H27N5O5S2. The molecule has 33 heavy (non-hydrogen) atoms. The highest BCUT2D eigenvalue weighted by Crippen LogP contribution is 2.25. The summed E-state index contributed by atoms with van der Waals surface area (Å²) in [5.41, 5.74) is 0.313. The predicted molar refractivity (Wildman–Crippen MR) is 123 cm³/mol. The van der Waals surface area contributed by atoms with Crippen LogP contribution in [0.2, 0.25) is 0 Å². The van der Waals surface area contributed by atoms with Gasteiger partial charge in [0.2, 0.25) is 15.9 Å². The minimum atomic E-state index is -3.98. The molecule has 1 saturated heterocycles. The van der Waals surface area contributed by atoms with Crippen molar-refractivity contribution in [1.29, 1.82) is 5.26 Å². The van der Waals surface area contributed by atoms with Crippen LogP contribution in [0.5, 0.6) is 5.88 Å². The quantitative estimate of drug-likeness (QED) is 0.545. The largest absolute Gasteiger partial charge is 0.474 e. The van der Waals surface area contributed by atoms with Crippen LogP contribution in [0.1, 0.15) is 32.3 Å².